The molecule has 0 aliphatic heterocycles. The molecule has 19 heavy (non-hydrogen) atoms. The van der Waals surface area contributed by atoms with Crippen molar-refractivity contribution in [3.05, 3.63) is 17.7 Å². The number of hydrogen-bond acceptors (Lipinski definition) is 3. The molecule has 2 N–H and O–H groups in total. The van der Waals surface area contributed by atoms with Gasteiger partial charge in [0.15, 0.2) is 11.4 Å². The summed E-state index contributed by atoms with van der Waals surface area (Å²) < 4.78 is 0. The number of carbonyl (C=O) groups is 2. The van der Waals surface area contributed by atoms with Gasteiger partial charge in [-0.25, -0.2) is 9.78 Å². The van der Waals surface area contributed by atoms with Crippen molar-refractivity contribution in [2.24, 2.45) is 11.8 Å². The molecule has 0 bridgehead atoms. The van der Waals surface area contributed by atoms with Gasteiger partial charge >= 0.3 is 5.97 Å². The Morgan fingerprint density at radius 1 is 1.26 bits per heavy atom. The summed E-state index contributed by atoms with van der Waals surface area (Å²) in [5.74, 6) is -0.874. The number of hydrogen-bond donors (Lipinski definition) is 2. The molecule has 0 unspecified atom stereocenters. The Morgan fingerprint density at radius 2 is 1.79 bits per heavy atom. The van der Waals surface area contributed by atoms with Gasteiger partial charge in [0.25, 0.3) is 5.91 Å². The van der Waals surface area contributed by atoms with E-state index in [2.05, 4.69) is 9.97 Å². The highest BCUT2D eigenvalue weighted by molar-refractivity contribution is 6.02. The van der Waals surface area contributed by atoms with Gasteiger partial charge in [-0.15, -0.1) is 0 Å². The summed E-state index contributed by atoms with van der Waals surface area (Å²) in [6.07, 6.45) is 1.24. The topological polar surface area (TPSA) is 86.3 Å². The van der Waals surface area contributed by atoms with E-state index in [9.17, 15) is 9.59 Å². The first-order chi connectivity index (χ1) is 8.82. The lowest BCUT2D eigenvalue weighted by Gasteiger charge is -2.25. The van der Waals surface area contributed by atoms with E-state index in [1.807, 2.05) is 27.7 Å². The van der Waals surface area contributed by atoms with Gasteiger partial charge in [0, 0.05) is 13.1 Å². The number of amides is 1. The molecule has 1 amide bonds. The van der Waals surface area contributed by atoms with Gasteiger partial charge in [0.05, 0.1) is 6.33 Å². The highest BCUT2D eigenvalue weighted by Gasteiger charge is 2.25. The lowest BCUT2D eigenvalue weighted by atomic mass is 10.1. The molecule has 0 fully saturated rings. The molecule has 0 spiro atoms. The average Bonchev–Trinajstić information content (AvgIpc) is 2.74. The van der Waals surface area contributed by atoms with Crippen LogP contribution >= 0.6 is 0 Å². The predicted molar refractivity (Wildman–Crippen MR) is 71.1 cm³/mol. The van der Waals surface area contributed by atoms with Crippen molar-refractivity contribution in [2.45, 2.75) is 27.7 Å². The summed E-state index contributed by atoms with van der Waals surface area (Å²) in [6, 6.07) is 0. The Labute approximate surface area is 112 Å². The second-order valence-electron chi connectivity index (χ2n) is 5.43. The molecule has 0 saturated heterocycles. The zero-order valence-electron chi connectivity index (χ0n) is 11.8. The maximum absolute atomic E-state index is 12.4. The zero-order chi connectivity index (χ0) is 14.6. The van der Waals surface area contributed by atoms with Crippen LogP contribution in [0.15, 0.2) is 6.33 Å². The molecule has 1 aromatic rings. The number of rotatable bonds is 6. The summed E-state index contributed by atoms with van der Waals surface area (Å²) in [4.78, 5) is 31.4. The van der Waals surface area contributed by atoms with Crippen LogP contribution in [0.2, 0.25) is 0 Å². The van der Waals surface area contributed by atoms with Crippen LogP contribution in [0.1, 0.15) is 48.7 Å². The van der Waals surface area contributed by atoms with Crippen LogP contribution < -0.4 is 0 Å². The number of carbonyl (C=O) groups excluding carboxylic acids is 1. The molecule has 1 rings (SSSR count). The van der Waals surface area contributed by atoms with E-state index >= 15 is 0 Å². The van der Waals surface area contributed by atoms with E-state index < -0.39 is 5.97 Å². The number of carboxylic acids is 1. The molecular formula is C13H21N3O3. The van der Waals surface area contributed by atoms with E-state index in [0.29, 0.717) is 24.9 Å². The number of aromatic nitrogens is 2. The summed E-state index contributed by atoms with van der Waals surface area (Å²) >= 11 is 0. The zero-order valence-corrected chi connectivity index (χ0v) is 11.8. The van der Waals surface area contributed by atoms with Crippen molar-refractivity contribution in [2.75, 3.05) is 13.1 Å². The van der Waals surface area contributed by atoms with E-state index in [0.717, 1.165) is 0 Å². The van der Waals surface area contributed by atoms with Gasteiger partial charge in [-0.2, -0.15) is 0 Å². The molecule has 106 valence electrons. The summed E-state index contributed by atoms with van der Waals surface area (Å²) in [6.45, 7) is 9.24. The van der Waals surface area contributed by atoms with Crippen molar-refractivity contribution in [1.82, 2.24) is 14.9 Å². The van der Waals surface area contributed by atoms with Crippen LogP contribution in [-0.4, -0.2) is 44.9 Å². The Morgan fingerprint density at radius 3 is 2.21 bits per heavy atom. The molecule has 0 atom stereocenters. The third-order valence-electron chi connectivity index (χ3n) is 2.51. The van der Waals surface area contributed by atoms with Crippen molar-refractivity contribution < 1.29 is 14.7 Å². The van der Waals surface area contributed by atoms with Gasteiger partial charge in [0.2, 0.25) is 0 Å². The molecule has 0 radical (unpaired) electrons. The van der Waals surface area contributed by atoms with E-state index in [1.165, 1.54) is 6.33 Å². The Bertz CT molecular complexity index is 442. The molecule has 6 heteroatoms. The maximum Gasteiger partial charge on any atom is 0.354 e. The van der Waals surface area contributed by atoms with Crippen LogP contribution in [-0.2, 0) is 0 Å². The highest BCUT2D eigenvalue weighted by Crippen LogP contribution is 2.11. The standard InChI is InChI=1S/C13H21N3O3/c1-8(2)5-16(6-9(3)4)12(17)10-11(13(18)19)15-7-14-10/h7-9H,5-6H2,1-4H3,(H,14,15)(H,18,19). The van der Waals surface area contributed by atoms with Gasteiger partial charge in [-0.05, 0) is 11.8 Å². The molecule has 0 saturated carbocycles. The minimum Gasteiger partial charge on any atom is -0.477 e. The number of nitrogens with one attached hydrogen (secondary N) is 1. The molecule has 0 aromatic carbocycles. The van der Waals surface area contributed by atoms with Crippen LogP contribution in [0.5, 0.6) is 0 Å². The molecule has 0 aliphatic rings. The van der Waals surface area contributed by atoms with Crippen molar-refractivity contribution in [3.63, 3.8) is 0 Å². The highest BCUT2D eigenvalue weighted by atomic mass is 16.4. The largest absolute Gasteiger partial charge is 0.477 e. The minimum absolute atomic E-state index is 0.0196. The van der Waals surface area contributed by atoms with Crippen molar-refractivity contribution in [1.29, 1.82) is 0 Å². The maximum atomic E-state index is 12.4. The first-order valence-electron chi connectivity index (χ1n) is 6.38. The van der Waals surface area contributed by atoms with E-state index in [-0.39, 0.29) is 17.3 Å². The molecule has 0 aliphatic carbocycles. The predicted octanol–water partition coefficient (Wildman–Crippen LogP) is 1.86. The van der Waals surface area contributed by atoms with Gasteiger partial charge < -0.3 is 15.0 Å². The quantitative estimate of drug-likeness (QED) is 0.823. The smallest absolute Gasteiger partial charge is 0.354 e. The van der Waals surface area contributed by atoms with Crippen LogP contribution in [0.25, 0.3) is 0 Å². The monoisotopic (exact) mass is 267 g/mol. The van der Waals surface area contributed by atoms with Gasteiger partial charge in [-0.3, -0.25) is 4.79 Å². The first kappa shape index (κ1) is 15.2. The Kier molecular flexibility index (Phi) is 5.09. The van der Waals surface area contributed by atoms with Gasteiger partial charge in [0.1, 0.15) is 0 Å². The number of H-pyrrole nitrogens is 1. The van der Waals surface area contributed by atoms with Gasteiger partial charge in [-0.1, -0.05) is 27.7 Å². The fourth-order valence-corrected chi connectivity index (χ4v) is 1.89. The SMILES string of the molecule is CC(C)CN(CC(C)C)C(=O)c1nc[nH]c1C(=O)O. The number of imidazole rings is 1. The van der Waals surface area contributed by atoms with Crippen molar-refractivity contribution >= 4 is 11.9 Å². The molecule has 1 aromatic heterocycles. The summed E-state index contributed by atoms with van der Waals surface area (Å²) in [5.41, 5.74) is -0.170. The lowest BCUT2D eigenvalue weighted by molar-refractivity contribution is 0.0656. The number of aromatic carboxylic acids is 1. The number of carboxylic acid groups (broad SMARTS) is 1. The number of aromatic amines is 1. The van der Waals surface area contributed by atoms with E-state index in [1.54, 1.807) is 4.90 Å². The Hall–Kier alpha value is -1.85. The minimum atomic E-state index is -1.17. The fraction of sp³-hybridized carbons (Fsp3) is 0.615. The van der Waals surface area contributed by atoms with Crippen molar-refractivity contribution in [3.8, 4) is 0 Å². The fourth-order valence-electron chi connectivity index (χ4n) is 1.89. The third-order valence-corrected chi connectivity index (χ3v) is 2.51. The molecular weight excluding hydrogens is 246 g/mol. The summed E-state index contributed by atoms with van der Waals surface area (Å²) in [7, 11) is 0. The Balaban J connectivity index is 2.97. The number of nitrogens with zero attached hydrogens (tertiary/aromatic N) is 2. The van der Waals surface area contributed by atoms with Crippen LogP contribution in [0, 0.1) is 11.8 Å². The normalized spacial score (nSPS) is 11.1. The van der Waals surface area contributed by atoms with Crippen LogP contribution in [0.4, 0.5) is 0 Å². The third kappa shape index (κ3) is 4.08. The molecule has 6 nitrogen and oxygen atoms in total. The van der Waals surface area contributed by atoms with Crippen LogP contribution in [0.3, 0.4) is 0 Å². The average molecular weight is 267 g/mol. The summed E-state index contributed by atoms with van der Waals surface area (Å²) in [5, 5.41) is 9.01. The second kappa shape index (κ2) is 6.36. The molecule has 1 heterocycles. The van der Waals surface area contributed by atoms with E-state index in [4.69, 9.17) is 5.11 Å². The second-order valence-corrected chi connectivity index (χ2v) is 5.43. The lowest BCUT2D eigenvalue weighted by Crippen LogP contribution is -2.37. The first-order valence-corrected chi connectivity index (χ1v) is 6.38.